The van der Waals surface area contributed by atoms with Gasteiger partial charge in [0.2, 0.25) is 0 Å². The Hall–Kier alpha value is -1.75. The molecule has 0 aliphatic rings. The Labute approximate surface area is 99.5 Å². The zero-order chi connectivity index (χ0) is 12.3. The van der Waals surface area contributed by atoms with Gasteiger partial charge in [-0.1, -0.05) is 18.2 Å². The number of hydrogen-bond donors (Lipinski definition) is 1. The zero-order valence-electron chi connectivity index (χ0n) is 9.94. The van der Waals surface area contributed by atoms with Gasteiger partial charge in [0.15, 0.2) is 0 Å². The lowest BCUT2D eigenvalue weighted by atomic mass is 10.0. The molecule has 0 aliphatic heterocycles. The summed E-state index contributed by atoms with van der Waals surface area (Å²) in [4.78, 5) is 0. The first-order valence-corrected chi connectivity index (χ1v) is 5.56. The topological polar surface area (TPSA) is 42.7 Å². The van der Waals surface area contributed by atoms with Crippen LogP contribution in [0.25, 0.3) is 11.3 Å². The first-order chi connectivity index (χ1) is 8.22. The van der Waals surface area contributed by atoms with E-state index in [1.807, 2.05) is 6.92 Å². The molecule has 0 atom stereocenters. The molecule has 5 heteroatoms. The van der Waals surface area contributed by atoms with E-state index in [1.54, 1.807) is 24.0 Å². The first kappa shape index (κ1) is 11.7. The van der Waals surface area contributed by atoms with E-state index in [0.29, 0.717) is 6.54 Å². The van der Waals surface area contributed by atoms with E-state index in [2.05, 4.69) is 15.6 Å². The van der Waals surface area contributed by atoms with Gasteiger partial charge in [0, 0.05) is 19.2 Å². The molecule has 2 rings (SSSR count). The summed E-state index contributed by atoms with van der Waals surface area (Å²) < 4.78 is 15.0. The normalized spacial score (nSPS) is 10.8. The first-order valence-electron chi connectivity index (χ1n) is 5.56. The summed E-state index contributed by atoms with van der Waals surface area (Å²) in [5.41, 5.74) is 2.69. The Bertz CT molecular complexity index is 507. The third-order valence-corrected chi connectivity index (χ3v) is 2.63. The minimum absolute atomic E-state index is 0.249. The molecule has 0 saturated heterocycles. The summed E-state index contributed by atoms with van der Waals surface area (Å²) in [5.74, 6) is -0.249. The maximum atomic E-state index is 13.3. The highest BCUT2D eigenvalue weighted by Crippen LogP contribution is 2.23. The van der Waals surface area contributed by atoms with Crippen LogP contribution < -0.4 is 5.32 Å². The van der Waals surface area contributed by atoms with Gasteiger partial charge in [0.1, 0.15) is 5.82 Å². The number of hydrogen-bond acceptors (Lipinski definition) is 3. The number of aromatic nitrogens is 3. The van der Waals surface area contributed by atoms with Crippen molar-refractivity contribution in [3.8, 4) is 11.3 Å². The third-order valence-electron chi connectivity index (χ3n) is 2.63. The molecule has 17 heavy (non-hydrogen) atoms. The molecular weight excluding hydrogens is 219 g/mol. The average Bonchev–Trinajstić information content (AvgIpc) is 2.74. The van der Waals surface area contributed by atoms with Crippen LogP contribution in [-0.4, -0.2) is 21.5 Å². The minimum Gasteiger partial charge on any atom is -0.313 e. The molecule has 90 valence electrons. The van der Waals surface area contributed by atoms with E-state index in [9.17, 15) is 4.39 Å². The highest BCUT2D eigenvalue weighted by atomic mass is 19.1. The van der Waals surface area contributed by atoms with Crippen LogP contribution in [-0.2, 0) is 13.6 Å². The summed E-state index contributed by atoms with van der Waals surface area (Å²) in [5, 5.41) is 10.9. The molecule has 0 spiro atoms. The Kier molecular flexibility index (Phi) is 3.49. The predicted molar refractivity (Wildman–Crippen MR) is 63.8 cm³/mol. The van der Waals surface area contributed by atoms with E-state index < -0.39 is 0 Å². The Morgan fingerprint density at radius 1 is 1.41 bits per heavy atom. The highest BCUT2D eigenvalue weighted by Gasteiger charge is 2.10. The van der Waals surface area contributed by atoms with Gasteiger partial charge in [-0.05, 0) is 24.2 Å². The molecule has 2 aromatic rings. The van der Waals surface area contributed by atoms with Crippen LogP contribution >= 0.6 is 0 Å². The Morgan fingerprint density at radius 2 is 2.24 bits per heavy atom. The lowest BCUT2D eigenvalue weighted by Gasteiger charge is -2.09. The fourth-order valence-corrected chi connectivity index (χ4v) is 1.73. The van der Waals surface area contributed by atoms with Crippen molar-refractivity contribution in [3.05, 3.63) is 35.8 Å². The van der Waals surface area contributed by atoms with E-state index in [1.165, 1.54) is 12.1 Å². The molecule has 4 nitrogen and oxygen atoms in total. The van der Waals surface area contributed by atoms with Gasteiger partial charge >= 0.3 is 0 Å². The van der Waals surface area contributed by atoms with Gasteiger partial charge in [0.05, 0.1) is 11.9 Å². The molecule has 0 bridgehead atoms. The number of halogens is 1. The lowest BCUT2D eigenvalue weighted by molar-refractivity contribution is 0.625. The number of nitrogens with one attached hydrogen (secondary N) is 1. The average molecular weight is 234 g/mol. The minimum atomic E-state index is -0.249. The van der Waals surface area contributed by atoms with Crippen LogP contribution in [0.1, 0.15) is 12.5 Å². The third kappa shape index (κ3) is 2.50. The van der Waals surface area contributed by atoms with Crippen molar-refractivity contribution in [1.29, 1.82) is 0 Å². The lowest BCUT2D eigenvalue weighted by Crippen LogP contribution is -2.13. The Morgan fingerprint density at radius 3 is 2.88 bits per heavy atom. The molecule has 1 aromatic heterocycles. The van der Waals surface area contributed by atoms with Crippen molar-refractivity contribution in [2.45, 2.75) is 13.5 Å². The molecule has 0 unspecified atom stereocenters. The monoisotopic (exact) mass is 234 g/mol. The second kappa shape index (κ2) is 5.05. The fourth-order valence-electron chi connectivity index (χ4n) is 1.73. The number of nitrogens with zero attached hydrogens (tertiary/aromatic N) is 3. The molecule has 0 amide bonds. The smallest absolute Gasteiger partial charge is 0.123 e. The molecule has 1 aromatic carbocycles. The van der Waals surface area contributed by atoms with E-state index >= 15 is 0 Å². The number of rotatable bonds is 4. The molecule has 1 heterocycles. The molecule has 0 saturated carbocycles. The van der Waals surface area contributed by atoms with Crippen molar-refractivity contribution in [2.24, 2.45) is 7.05 Å². The van der Waals surface area contributed by atoms with Crippen molar-refractivity contribution >= 4 is 0 Å². The second-order valence-electron chi connectivity index (χ2n) is 3.82. The summed E-state index contributed by atoms with van der Waals surface area (Å²) >= 11 is 0. The van der Waals surface area contributed by atoms with Gasteiger partial charge in [-0.25, -0.2) is 9.07 Å². The maximum absolute atomic E-state index is 13.3. The van der Waals surface area contributed by atoms with Crippen LogP contribution in [0, 0.1) is 5.82 Å². The van der Waals surface area contributed by atoms with Crippen molar-refractivity contribution in [1.82, 2.24) is 20.3 Å². The second-order valence-corrected chi connectivity index (χ2v) is 3.82. The summed E-state index contributed by atoms with van der Waals surface area (Å²) in [6.07, 6.45) is 1.64. The molecule has 0 radical (unpaired) electrons. The van der Waals surface area contributed by atoms with Crippen molar-refractivity contribution in [3.63, 3.8) is 0 Å². The standard InChI is InChI=1S/C12H15FN4/c1-3-14-7-9-4-5-10(13)6-11(9)12-8-15-16-17(12)2/h4-6,8,14H,3,7H2,1-2H3. The van der Waals surface area contributed by atoms with Gasteiger partial charge in [-0.2, -0.15) is 0 Å². The van der Waals surface area contributed by atoms with E-state index in [4.69, 9.17) is 0 Å². The summed E-state index contributed by atoms with van der Waals surface area (Å²) in [7, 11) is 1.80. The van der Waals surface area contributed by atoms with Gasteiger partial charge in [-0.15, -0.1) is 5.10 Å². The zero-order valence-corrected chi connectivity index (χ0v) is 9.94. The Balaban J connectivity index is 2.43. The molecular formula is C12H15FN4. The maximum Gasteiger partial charge on any atom is 0.123 e. The molecule has 0 aliphatic carbocycles. The molecule has 1 N–H and O–H groups in total. The van der Waals surface area contributed by atoms with Crippen molar-refractivity contribution in [2.75, 3.05) is 6.54 Å². The summed E-state index contributed by atoms with van der Waals surface area (Å²) in [6.45, 7) is 3.62. The van der Waals surface area contributed by atoms with Crippen LogP contribution in [0.2, 0.25) is 0 Å². The van der Waals surface area contributed by atoms with E-state index in [-0.39, 0.29) is 5.82 Å². The summed E-state index contributed by atoms with van der Waals surface area (Å²) in [6, 6.07) is 4.78. The van der Waals surface area contributed by atoms with Gasteiger partial charge < -0.3 is 5.32 Å². The molecule has 0 fully saturated rings. The van der Waals surface area contributed by atoms with Crippen molar-refractivity contribution < 1.29 is 4.39 Å². The van der Waals surface area contributed by atoms with Gasteiger partial charge in [-0.3, -0.25) is 0 Å². The largest absolute Gasteiger partial charge is 0.313 e. The van der Waals surface area contributed by atoms with Crippen LogP contribution in [0.15, 0.2) is 24.4 Å². The van der Waals surface area contributed by atoms with Gasteiger partial charge in [0.25, 0.3) is 0 Å². The number of aryl methyl sites for hydroxylation is 1. The van der Waals surface area contributed by atoms with E-state index in [0.717, 1.165) is 23.4 Å². The van der Waals surface area contributed by atoms with Crippen LogP contribution in [0.4, 0.5) is 4.39 Å². The quantitative estimate of drug-likeness (QED) is 0.876. The SMILES string of the molecule is CCNCc1ccc(F)cc1-c1cnnn1C. The van der Waals surface area contributed by atoms with Crippen LogP contribution in [0.5, 0.6) is 0 Å². The highest BCUT2D eigenvalue weighted by molar-refractivity contribution is 5.63. The fraction of sp³-hybridized carbons (Fsp3) is 0.333. The van der Waals surface area contributed by atoms with Crippen LogP contribution in [0.3, 0.4) is 0 Å². The number of benzene rings is 1. The predicted octanol–water partition coefficient (Wildman–Crippen LogP) is 1.73.